The number of rotatable bonds is 3. The van der Waals surface area contributed by atoms with Gasteiger partial charge in [0, 0.05) is 5.57 Å². The molecular weight excluding hydrogens is 290 g/mol. The van der Waals surface area contributed by atoms with Crippen molar-refractivity contribution in [2.24, 2.45) is 5.92 Å². The van der Waals surface area contributed by atoms with Crippen LogP contribution >= 0.6 is 0 Å². The van der Waals surface area contributed by atoms with Crippen molar-refractivity contribution in [2.45, 2.75) is 30.7 Å². The Labute approximate surface area is 98.4 Å². The summed E-state index contributed by atoms with van der Waals surface area (Å²) in [5.74, 6) is -1.80. The van der Waals surface area contributed by atoms with Gasteiger partial charge < -0.3 is 0 Å². The SMILES string of the molecule is O=S(=O)(OF)C(F)(F)C1=CCC(C(F)(F)F)CC1. The predicted octanol–water partition coefficient (Wildman–Crippen LogP) is 3.10. The van der Waals surface area contributed by atoms with E-state index in [-0.39, 0.29) is 0 Å². The minimum Gasteiger partial charge on any atom is -0.190 e. The summed E-state index contributed by atoms with van der Waals surface area (Å²) in [6, 6.07) is 0. The van der Waals surface area contributed by atoms with Gasteiger partial charge in [0.2, 0.25) is 0 Å². The lowest BCUT2D eigenvalue weighted by Gasteiger charge is -2.26. The van der Waals surface area contributed by atoms with Crippen LogP contribution in [0.25, 0.3) is 0 Å². The van der Waals surface area contributed by atoms with Crippen LogP contribution in [0.1, 0.15) is 19.3 Å². The molecule has 0 saturated carbocycles. The minimum absolute atomic E-state index is 0.470. The highest BCUT2D eigenvalue weighted by Gasteiger charge is 2.52. The Bertz CT molecular complexity index is 438. The average molecular weight is 298 g/mol. The molecule has 0 aliphatic heterocycles. The van der Waals surface area contributed by atoms with Gasteiger partial charge in [-0.25, -0.2) is 0 Å². The molecule has 10 heteroatoms. The molecule has 0 aromatic rings. The molecule has 1 rings (SSSR count). The molecule has 0 spiro atoms. The summed E-state index contributed by atoms with van der Waals surface area (Å²) in [6.45, 7) is 0. The highest BCUT2D eigenvalue weighted by molar-refractivity contribution is 7.87. The molecule has 0 amide bonds. The summed E-state index contributed by atoms with van der Waals surface area (Å²) in [7, 11) is -5.80. The van der Waals surface area contributed by atoms with Gasteiger partial charge in [-0.05, 0) is 23.8 Å². The molecule has 0 aromatic carbocycles. The fraction of sp³-hybridized carbons (Fsp3) is 0.750. The molecule has 1 aliphatic rings. The van der Waals surface area contributed by atoms with Crippen LogP contribution in [0.15, 0.2) is 11.6 Å². The Balaban J connectivity index is 2.93. The van der Waals surface area contributed by atoms with Crippen molar-refractivity contribution in [2.75, 3.05) is 0 Å². The smallest absolute Gasteiger partial charge is 0.190 e. The lowest BCUT2D eigenvalue weighted by molar-refractivity contribution is -0.176. The first-order chi connectivity index (χ1) is 8.02. The number of halogens is 6. The molecule has 0 bridgehead atoms. The van der Waals surface area contributed by atoms with E-state index < -0.39 is 52.3 Å². The molecule has 1 unspecified atom stereocenters. The average Bonchev–Trinajstić information content (AvgIpc) is 2.27. The molecule has 0 aromatic heterocycles. The summed E-state index contributed by atoms with van der Waals surface area (Å²) in [5, 5.41) is -4.65. The van der Waals surface area contributed by atoms with E-state index in [0.717, 1.165) is 0 Å². The van der Waals surface area contributed by atoms with Crippen molar-refractivity contribution < 1.29 is 39.3 Å². The van der Waals surface area contributed by atoms with Crippen LogP contribution in [0.3, 0.4) is 0 Å². The Morgan fingerprint density at radius 1 is 1.22 bits per heavy atom. The maximum atomic E-state index is 13.2. The van der Waals surface area contributed by atoms with Crippen LogP contribution in [0.2, 0.25) is 0 Å². The van der Waals surface area contributed by atoms with Crippen LogP contribution < -0.4 is 0 Å². The van der Waals surface area contributed by atoms with Gasteiger partial charge in [-0.1, -0.05) is 10.5 Å². The molecule has 1 atom stereocenters. The van der Waals surface area contributed by atoms with E-state index in [4.69, 9.17) is 0 Å². The fourth-order valence-electron chi connectivity index (χ4n) is 1.60. The first kappa shape index (κ1) is 15.3. The summed E-state index contributed by atoms with van der Waals surface area (Å²) in [6.07, 6.45) is -6.30. The summed E-state index contributed by atoms with van der Waals surface area (Å²) in [5.41, 5.74) is -1.08. The quantitative estimate of drug-likeness (QED) is 0.594. The maximum absolute atomic E-state index is 13.2. The van der Waals surface area contributed by atoms with E-state index in [1.54, 1.807) is 0 Å². The molecule has 0 saturated heterocycles. The first-order valence-corrected chi connectivity index (χ1v) is 6.12. The van der Waals surface area contributed by atoms with Crippen molar-refractivity contribution in [3.63, 3.8) is 0 Å². The Kier molecular flexibility index (Phi) is 4.01. The Hall–Kier alpha value is -0.770. The third-order valence-corrected chi connectivity index (χ3v) is 3.70. The van der Waals surface area contributed by atoms with Crippen molar-refractivity contribution in [3.8, 4) is 0 Å². The van der Waals surface area contributed by atoms with Crippen LogP contribution in [0.4, 0.5) is 26.5 Å². The summed E-state index contributed by atoms with van der Waals surface area (Å²) in [4.78, 5) is 0. The number of alkyl halides is 5. The lowest BCUT2D eigenvalue weighted by atomic mass is 9.89. The van der Waals surface area contributed by atoms with Crippen molar-refractivity contribution >= 4 is 10.1 Å². The zero-order valence-corrected chi connectivity index (χ0v) is 9.49. The van der Waals surface area contributed by atoms with E-state index in [1.165, 1.54) is 0 Å². The van der Waals surface area contributed by atoms with Gasteiger partial charge in [-0.2, -0.15) is 30.4 Å². The second-order valence-corrected chi connectivity index (χ2v) is 5.32. The van der Waals surface area contributed by atoms with Gasteiger partial charge in [0.05, 0.1) is 5.92 Å². The number of hydrogen-bond donors (Lipinski definition) is 0. The molecular formula is C8H8F6O3S. The van der Waals surface area contributed by atoms with E-state index in [1.807, 2.05) is 0 Å². The summed E-state index contributed by atoms with van der Waals surface area (Å²) >= 11 is 0. The topological polar surface area (TPSA) is 43.4 Å². The lowest BCUT2D eigenvalue weighted by Crippen LogP contribution is -2.34. The van der Waals surface area contributed by atoms with Crippen LogP contribution in [-0.2, 0) is 14.5 Å². The minimum atomic E-state index is -5.80. The largest absolute Gasteiger partial charge is 0.393 e. The van der Waals surface area contributed by atoms with Gasteiger partial charge >= 0.3 is 21.5 Å². The Morgan fingerprint density at radius 2 is 1.78 bits per heavy atom. The third kappa shape index (κ3) is 2.79. The standard InChI is InChI=1S/C8H8F6O3S/c9-7(10,11)5-1-3-6(4-2-5)8(12,13)18(15,16)17-14/h3,5H,1-2,4H2. The van der Waals surface area contributed by atoms with Crippen molar-refractivity contribution in [1.29, 1.82) is 0 Å². The predicted molar refractivity (Wildman–Crippen MR) is 47.5 cm³/mol. The highest BCUT2D eigenvalue weighted by atomic mass is 32.2. The maximum Gasteiger partial charge on any atom is 0.393 e. The third-order valence-electron chi connectivity index (χ3n) is 2.64. The molecule has 0 heterocycles. The van der Waals surface area contributed by atoms with E-state index in [9.17, 15) is 34.9 Å². The summed E-state index contributed by atoms with van der Waals surface area (Å²) < 4.78 is 98.1. The van der Waals surface area contributed by atoms with E-state index in [0.29, 0.717) is 6.08 Å². The van der Waals surface area contributed by atoms with Gasteiger partial charge in [0.25, 0.3) is 0 Å². The monoisotopic (exact) mass is 298 g/mol. The van der Waals surface area contributed by atoms with Crippen LogP contribution in [0.5, 0.6) is 0 Å². The molecule has 0 N–H and O–H groups in total. The van der Waals surface area contributed by atoms with Gasteiger partial charge in [-0.15, -0.1) is 0 Å². The van der Waals surface area contributed by atoms with Crippen molar-refractivity contribution in [3.05, 3.63) is 11.6 Å². The highest BCUT2D eigenvalue weighted by Crippen LogP contribution is 2.42. The van der Waals surface area contributed by atoms with Crippen LogP contribution in [-0.4, -0.2) is 19.8 Å². The van der Waals surface area contributed by atoms with E-state index >= 15 is 0 Å². The van der Waals surface area contributed by atoms with Crippen LogP contribution in [0, 0.1) is 5.92 Å². The van der Waals surface area contributed by atoms with E-state index in [2.05, 4.69) is 4.39 Å². The number of hydrogen-bond acceptors (Lipinski definition) is 3. The second-order valence-electron chi connectivity index (χ2n) is 3.78. The van der Waals surface area contributed by atoms with Gasteiger partial charge in [0.15, 0.2) is 0 Å². The molecule has 0 fully saturated rings. The zero-order valence-electron chi connectivity index (χ0n) is 8.68. The normalized spacial score (nSPS) is 22.8. The zero-order chi connectivity index (χ0) is 14.2. The van der Waals surface area contributed by atoms with Gasteiger partial charge in [0.1, 0.15) is 0 Å². The number of allylic oxidation sites excluding steroid dienone is 1. The second kappa shape index (κ2) is 4.72. The molecule has 1 aliphatic carbocycles. The molecule has 18 heavy (non-hydrogen) atoms. The first-order valence-electron chi connectivity index (χ1n) is 4.71. The van der Waals surface area contributed by atoms with Crippen molar-refractivity contribution in [1.82, 2.24) is 0 Å². The molecule has 106 valence electrons. The Morgan fingerprint density at radius 3 is 2.11 bits per heavy atom. The fourth-order valence-corrected chi connectivity index (χ4v) is 2.18. The molecule has 0 radical (unpaired) electrons. The molecule has 3 nitrogen and oxygen atoms in total. The van der Waals surface area contributed by atoms with Gasteiger partial charge in [-0.3, -0.25) is 0 Å².